The fourth-order valence-electron chi connectivity index (χ4n) is 2.12. The van der Waals surface area contributed by atoms with Crippen LogP contribution in [0, 0.1) is 6.92 Å². The van der Waals surface area contributed by atoms with Crippen molar-refractivity contribution in [3.63, 3.8) is 0 Å². The summed E-state index contributed by atoms with van der Waals surface area (Å²) in [6, 6.07) is 7.95. The zero-order chi connectivity index (χ0) is 11.4. The predicted octanol–water partition coefficient (Wildman–Crippen LogP) is 1.23. The molecule has 0 bridgehead atoms. The van der Waals surface area contributed by atoms with Crippen molar-refractivity contribution in [2.24, 2.45) is 0 Å². The average Bonchev–Trinajstić information content (AvgIpc) is 2.91. The topological polar surface area (TPSA) is 60.4 Å². The van der Waals surface area contributed by atoms with Crippen molar-refractivity contribution in [3.8, 4) is 0 Å². The van der Waals surface area contributed by atoms with E-state index in [2.05, 4.69) is 20.1 Å². The Balaban J connectivity index is 2.41. The summed E-state index contributed by atoms with van der Waals surface area (Å²) < 4.78 is 3.63. The molecule has 0 saturated carbocycles. The summed E-state index contributed by atoms with van der Waals surface area (Å²) in [5.41, 5.74) is 1.96. The molecule has 0 aliphatic carbocycles. The summed E-state index contributed by atoms with van der Waals surface area (Å²) >= 11 is 0. The van der Waals surface area contributed by atoms with Crippen LogP contribution in [0.5, 0.6) is 0 Å². The fourth-order valence-corrected chi connectivity index (χ4v) is 2.12. The van der Waals surface area contributed by atoms with Gasteiger partial charge in [-0.3, -0.25) is 4.40 Å². The number of aromatic nitrogens is 6. The smallest absolute Gasteiger partial charge is 0.257 e. The number of hydrogen-bond acceptors (Lipinski definition) is 4. The van der Waals surface area contributed by atoms with Crippen molar-refractivity contribution in [2.75, 3.05) is 0 Å². The first kappa shape index (κ1) is 8.63. The summed E-state index contributed by atoms with van der Waals surface area (Å²) in [4.78, 5) is 13.0. The summed E-state index contributed by atoms with van der Waals surface area (Å²) in [7, 11) is 0. The van der Waals surface area contributed by atoms with E-state index in [0.717, 1.165) is 22.6 Å². The van der Waals surface area contributed by atoms with Crippen LogP contribution < -0.4 is 0 Å². The van der Waals surface area contributed by atoms with Crippen molar-refractivity contribution >= 4 is 22.6 Å². The normalized spacial score (nSPS) is 11.8. The lowest BCUT2D eigenvalue weighted by Crippen LogP contribution is -2.03. The molecule has 0 fully saturated rings. The third-order valence-electron chi connectivity index (χ3n) is 2.85. The molecule has 3 heterocycles. The highest BCUT2D eigenvalue weighted by Crippen LogP contribution is 2.17. The highest BCUT2D eigenvalue weighted by molar-refractivity contribution is 5.79. The lowest BCUT2D eigenvalue weighted by atomic mass is 10.3. The van der Waals surface area contributed by atoms with Gasteiger partial charge in [0.15, 0.2) is 0 Å². The van der Waals surface area contributed by atoms with Crippen LogP contribution in [0.2, 0.25) is 0 Å². The molecule has 0 atom stereocenters. The van der Waals surface area contributed by atoms with Crippen LogP contribution in [-0.4, -0.2) is 29.0 Å². The van der Waals surface area contributed by atoms with Crippen LogP contribution in [0.25, 0.3) is 22.6 Å². The Morgan fingerprint density at radius 2 is 2.00 bits per heavy atom. The van der Waals surface area contributed by atoms with Gasteiger partial charge in [0.2, 0.25) is 5.78 Å². The van der Waals surface area contributed by atoms with E-state index in [0.29, 0.717) is 5.78 Å². The first-order chi connectivity index (χ1) is 8.34. The van der Waals surface area contributed by atoms with Crippen molar-refractivity contribution in [1.29, 1.82) is 0 Å². The fraction of sp³-hybridized carbons (Fsp3) is 0.0909. The maximum absolute atomic E-state index is 4.56. The van der Waals surface area contributed by atoms with E-state index >= 15 is 0 Å². The minimum Gasteiger partial charge on any atom is -0.264 e. The van der Waals surface area contributed by atoms with Gasteiger partial charge in [-0.1, -0.05) is 12.1 Å². The molecule has 0 unspecified atom stereocenters. The number of fused-ring (bicyclic) bond motifs is 5. The third-order valence-corrected chi connectivity index (χ3v) is 2.85. The van der Waals surface area contributed by atoms with E-state index in [-0.39, 0.29) is 0 Å². The molecule has 17 heavy (non-hydrogen) atoms. The second-order valence-electron chi connectivity index (χ2n) is 3.87. The Labute approximate surface area is 95.6 Å². The van der Waals surface area contributed by atoms with Crippen LogP contribution in [0.15, 0.2) is 30.6 Å². The lowest BCUT2D eigenvalue weighted by molar-refractivity contribution is 0.877. The standard InChI is InChI=1S/C11H8N6/c1-7-14-10-12-6-13-17(10)11-15-8-4-2-3-5-9(8)16(7)11/h2-6H,1H3. The number of aryl methyl sites for hydroxylation is 1. The zero-order valence-electron chi connectivity index (χ0n) is 9.07. The maximum Gasteiger partial charge on any atom is 0.257 e. The number of para-hydroxylation sites is 2. The second kappa shape index (κ2) is 2.79. The highest BCUT2D eigenvalue weighted by atomic mass is 15.4. The molecular weight excluding hydrogens is 216 g/mol. The molecule has 1 aromatic carbocycles. The molecule has 6 heteroatoms. The van der Waals surface area contributed by atoms with Gasteiger partial charge < -0.3 is 0 Å². The maximum atomic E-state index is 4.56. The number of hydrogen-bond donors (Lipinski definition) is 0. The minimum absolute atomic E-state index is 0.574. The van der Waals surface area contributed by atoms with Crippen molar-refractivity contribution in [2.45, 2.75) is 6.92 Å². The van der Waals surface area contributed by atoms with Gasteiger partial charge >= 0.3 is 0 Å². The largest absolute Gasteiger partial charge is 0.264 e. The van der Waals surface area contributed by atoms with Crippen molar-refractivity contribution in [1.82, 2.24) is 29.0 Å². The van der Waals surface area contributed by atoms with Gasteiger partial charge in [-0.25, -0.2) is 4.98 Å². The van der Waals surface area contributed by atoms with Gasteiger partial charge in [-0.05, 0) is 19.1 Å². The molecule has 6 nitrogen and oxygen atoms in total. The lowest BCUT2D eigenvalue weighted by Gasteiger charge is -2.00. The van der Waals surface area contributed by atoms with Crippen LogP contribution in [0.1, 0.15) is 5.82 Å². The third kappa shape index (κ3) is 0.988. The predicted molar refractivity (Wildman–Crippen MR) is 61.8 cm³/mol. The summed E-state index contributed by atoms with van der Waals surface area (Å²) in [6.45, 7) is 1.94. The molecule has 3 aromatic heterocycles. The molecule has 0 aliphatic rings. The molecule has 0 aliphatic heterocycles. The number of imidazole rings is 1. The molecule has 0 spiro atoms. The van der Waals surface area contributed by atoms with Crippen molar-refractivity contribution in [3.05, 3.63) is 36.4 Å². The molecule has 4 aromatic rings. The van der Waals surface area contributed by atoms with E-state index in [1.807, 2.05) is 35.6 Å². The van der Waals surface area contributed by atoms with E-state index in [4.69, 9.17) is 0 Å². The van der Waals surface area contributed by atoms with Gasteiger partial charge in [0.25, 0.3) is 5.78 Å². The van der Waals surface area contributed by atoms with Crippen molar-refractivity contribution < 1.29 is 0 Å². The van der Waals surface area contributed by atoms with Crippen LogP contribution in [0.3, 0.4) is 0 Å². The molecule has 0 amide bonds. The number of rotatable bonds is 0. The van der Waals surface area contributed by atoms with Gasteiger partial charge in [0.05, 0.1) is 11.0 Å². The Morgan fingerprint density at radius 3 is 2.94 bits per heavy atom. The Bertz CT molecular complexity index is 856. The highest BCUT2D eigenvalue weighted by Gasteiger charge is 2.11. The summed E-state index contributed by atoms with van der Waals surface area (Å²) in [6.07, 6.45) is 1.49. The Morgan fingerprint density at radius 1 is 1.12 bits per heavy atom. The van der Waals surface area contributed by atoms with Gasteiger partial charge in [0.1, 0.15) is 12.2 Å². The average molecular weight is 224 g/mol. The minimum atomic E-state index is 0.574. The summed E-state index contributed by atoms with van der Waals surface area (Å²) in [5.74, 6) is 2.17. The van der Waals surface area contributed by atoms with Crippen LogP contribution >= 0.6 is 0 Å². The first-order valence-corrected chi connectivity index (χ1v) is 5.28. The quantitative estimate of drug-likeness (QED) is 0.451. The first-order valence-electron chi connectivity index (χ1n) is 5.28. The van der Waals surface area contributed by atoms with E-state index in [1.165, 1.54) is 6.33 Å². The van der Waals surface area contributed by atoms with E-state index in [1.54, 1.807) is 4.52 Å². The van der Waals surface area contributed by atoms with Crippen LogP contribution in [-0.2, 0) is 0 Å². The number of benzene rings is 1. The van der Waals surface area contributed by atoms with Crippen LogP contribution in [0.4, 0.5) is 0 Å². The van der Waals surface area contributed by atoms with E-state index in [9.17, 15) is 0 Å². The van der Waals surface area contributed by atoms with E-state index < -0.39 is 0 Å². The monoisotopic (exact) mass is 224 g/mol. The Hall–Kier alpha value is -2.50. The summed E-state index contributed by atoms with van der Waals surface area (Å²) in [5, 5.41) is 4.14. The van der Waals surface area contributed by atoms with Gasteiger partial charge in [-0.2, -0.15) is 19.6 Å². The Kier molecular flexibility index (Phi) is 1.42. The molecular formula is C11H8N6. The van der Waals surface area contributed by atoms with Gasteiger partial charge in [0, 0.05) is 0 Å². The van der Waals surface area contributed by atoms with Gasteiger partial charge in [-0.15, -0.1) is 0 Å². The molecule has 0 N–H and O–H groups in total. The zero-order valence-corrected chi connectivity index (χ0v) is 9.07. The second-order valence-corrected chi connectivity index (χ2v) is 3.87. The molecule has 0 radical (unpaired) electrons. The molecule has 4 rings (SSSR count). The molecule has 0 saturated heterocycles. The number of nitrogens with zero attached hydrogens (tertiary/aromatic N) is 6. The molecule has 82 valence electrons. The SMILES string of the molecule is Cc1nc2ncnn2c2nc3ccccc3n12.